The molecule has 0 aliphatic carbocycles. The molecule has 1 aromatic heterocycles. The highest BCUT2D eigenvalue weighted by Crippen LogP contribution is 2.21. The van der Waals surface area contributed by atoms with E-state index in [-0.39, 0.29) is 12.7 Å². The maximum absolute atomic E-state index is 9.14. The number of hydrogen-bond acceptors (Lipinski definition) is 4. The van der Waals surface area contributed by atoms with E-state index >= 15 is 0 Å². The van der Waals surface area contributed by atoms with Gasteiger partial charge in [0.1, 0.15) is 5.82 Å². The van der Waals surface area contributed by atoms with Crippen LogP contribution >= 0.6 is 0 Å². The van der Waals surface area contributed by atoms with Crippen molar-refractivity contribution in [1.82, 2.24) is 4.98 Å². The van der Waals surface area contributed by atoms with Crippen LogP contribution in [0.3, 0.4) is 0 Å². The van der Waals surface area contributed by atoms with Gasteiger partial charge in [-0.2, -0.15) is 0 Å². The summed E-state index contributed by atoms with van der Waals surface area (Å²) in [6, 6.07) is 4.27. The van der Waals surface area contributed by atoms with Crippen LogP contribution in [0.5, 0.6) is 0 Å². The van der Waals surface area contributed by atoms with Gasteiger partial charge in [0.2, 0.25) is 0 Å². The van der Waals surface area contributed by atoms with E-state index in [1.807, 2.05) is 19.1 Å². The zero-order valence-electron chi connectivity index (χ0n) is 10.7. The van der Waals surface area contributed by atoms with Crippen LogP contribution in [-0.2, 0) is 11.3 Å². The topological polar surface area (TPSA) is 45.6 Å². The third-order valence-corrected chi connectivity index (χ3v) is 3.25. The van der Waals surface area contributed by atoms with Crippen LogP contribution in [0.25, 0.3) is 0 Å². The lowest BCUT2D eigenvalue weighted by Gasteiger charge is -2.37. The van der Waals surface area contributed by atoms with Crippen molar-refractivity contribution in [3.05, 3.63) is 23.4 Å². The third-order valence-electron chi connectivity index (χ3n) is 3.25. The predicted molar refractivity (Wildman–Crippen MR) is 67.1 cm³/mol. The number of aryl methyl sites for hydroxylation is 1. The molecule has 1 aliphatic heterocycles. The number of nitrogens with zero attached hydrogens (tertiary/aromatic N) is 2. The number of aliphatic hydroxyl groups is 1. The Morgan fingerprint density at radius 2 is 2.24 bits per heavy atom. The SMILES string of the molecule is Cc1nc(N2CC(C)OCC2C)ccc1CO. The minimum atomic E-state index is 0.0498. The quantitative estimate of drug-likeness (QED) is 0.845. The number of hydrogen-bond donors (Lipinski definition) is 1. The summed E-state index contributed by atoms with van der Waals surface area (Å²) in [5.74, 6) is 0.974. The van der Waals surface area contributed by atoms with Gasteiger partial charge < -0.3 is 14.7 Å². The molecule has 1 N–H and O–H groups in total. The second-order valence-corrected chi connectivity index (χ2v) is 4.72. The molecule has 1 aromatic rings. The number of anilines is 1. The minimum Gasteiger partial charge on any atom is -0.392 e. The van der Waals surface area contributed by atoms with Crippen molar-refractivity contribution in [1.29, 1.82) is 0 Å². The average molecular weight is 236 g/mol. The normalized spacial score (nSPS) is 25.1. The molecule has 0 aromatic carbocycles. The molecule has 2 atom stereocenters. The van der Waals surface area contributed by atoms with Crippen molar-refractivity contribution in [3.8, 4) is 0 Å². The highest BCUT2D eigenvalue weighted by Gasteiger charge is 2.24. The molecule has 0 saturated carbocycles. The van der Waals surface area contributed by atoms with Crippen LogP contribution in [0.4, 0.5) is 5.82 Å². The van der Waals surface area contributed by atoms with Crippen molar-refractivity contribution in [2.24, 2.45) is 0 Å². The molecule has 1 saturated heterocycles. The van der Waals surface area contributed by atoms with Crippen molar-refractivity contribution >= 4 is 5.82 Å². The summed E-state index contributed by atoms with van der Waals surface area (Å²) in [6.07, 6.45) is 0.242. The lowest BCUT2D eigenvalue weighted by atomic mass is 10.1. The van der Waals surface area contributed by atoms with Crippen LogP contribution in [0, 0.1) is 6.92 Å². The van der Waals surface area contributed by atoms with Gasteiger partial charge in [0, 0.05) is 12.2 Å². The van der Waals surface area contributed by atoms with E-state index in [9.17, 15) is 0 Å². The van der Waals surface area contributed by atoms with Gasteiger partial charge in [-0.3, -0.25) is 0 Å². The summed E-state index contributed by atoms with van der Waals surface area (Å²) in [7, 11) is 0. The molecule has 0 bridgehead atoms. The van der Waals surface area contributed by atoms with Gasteiger partial charge in [0.05, 0.1) is 25.4 Å². The fraction of sp³-hybridized carbons (Fsp3) is 0.615. The van der Waals surface area contributed by atoms with Gasteiger partial charge in [0.25, 0.3) is 0 Å². The smallest absolute Gasteiger partial charge is 0.129 e. The summed E-state index contributed by atoms with van der Waals surface area (Å²) in [5.41, 5.74) is 1.79. The summed E-state index contributed by atoms with van der Waals surface area (Å²) in [4.78, 5) is 6.83. The number of morpholine rings is 1. The first-order valence-corrected chi connectivity index (χ1v) is 6.07. The number of rotatable bonds is 2. The zero-order valence-corrected chi connectivity index (χ0v) is 10.7. The molecule has 17 heavy (non-hydrogen) atoms. The molecule has 0 spiro atoms. The van der Waals surface area contributed by atoms with Gasteiger partial charge in [-0.1, -0.05) is 6.07 Å². The first-order valence-electron chi connectivity index (χ1n) is 6.07. The minimum absolute atomic E-state index is 0.0498. The van der Waals surface area contributed by atoms with Gasteiger partial charge in [-0.25, -0.2) is 4.98 Å². The van der Waals surface area contributed by atoms with Crippen molar-refractivity contribution in [3.63, 3.8) is 0 Å². The first kappa shape index (κ1) is 12.3. The van der Waals surface area contributed by atoms with Crippen LogP contribution in [-0.4, -0.2) is 35.4 Å². The molecule has 2 heterocycles. The third kappa shape index (κ3) is 2.58. The Balaban J connectivity index is 2.23. The maximum Gasteiger partial charge on any atom is 0.129 e. The molecule has 0 amide bonds. The van der Waals surface area contributed by atoms with E-state index < -0.39 is 0 Å². The standard InChI is InChI=1S/C13H20N2O2/c1-9-8-17-10(2)6-15(9)13-5-4-12(7-16)11(3)14-13/h4-5,9-10,16H,6-8H2,1-3H3. The van der Waals surface area contributed by atoms with Crippen LogP contribution in [0.2, 0.25) is 0 Å². The average Bonchev–Trinajstić information content (AvgIpc) is 2.32. The van der Waals surface area contributed by atoms with Crippen LogP contribution in [0.15, 0.2) is 12.1 Å². The summed E-state index contributed by atoms with van der Waals surface area (Å²) >= 11 is 0. The molecule has 2 rings (SSSR count). The first-order chi connectivity index (χ1) is 8.11. The summed E-state index contributed by atoms with van der Waals surface area (Å²) < 4.78 is 5.61. The molecule has 1 aliphatic rings. The van der Waals surface area contributed by atoms with Crippen molar-refractivity contribution < 1.29 is 9.84 Å². The summed E-state index contributed by atoms with van der Waals surface area (Å²) in [6.45, 7) is 7.81. The Morgan fingerprint density at radius 1 is 1.47 bits per heavy atom. The lowest BCUT2D eigenvalue weighted by Crippen LogP contribution is -2.47. The fourth-order valence-corrected chi connectivity index (χ4v) is 2.13. The van der Waals surface area contributed by atoms with Crippen LogP contribution < -0.4 is 4.90 Å². The molecule has 4 nitrogen and oxygen atoms in total. The molecule has 94 valence electrons. The monoisotopic (exact) mass is 236 g/mol. The number of aromatic nitrogens is 1. The molecular formula is C13H20N2O2. The van der Waals surface area contributed by atoms with Gasteiger partial charge in [-0.05, 0) is 32.4 Å². The molecule has 4 heteroatoms. The molecule has 0 radical (unpaired) electrons. The number of pyridine rings is 1. The highest BCUT2D eigenvalue weighted by atomic mass is 16.5. The van der Waals surface area contributed by atoms with Crippen molar-refractivity contribution in [2.45, 2.75) is 39.5 Å². The van der Waals surface area contributed by atoms with E-state index in [1.54, 1.807) is 0 Å². The van der Waals surface area contributed by atoms with Gasteiger partial charge >= 0.3 is 0 Å². The van der Waals surface area contributed by atoms with Gasteiger partial charge in [-0.15, -0.1) is 0 Å². The van der Waals surface area contributed by atoms with E-state index in [2.05, 4.69) is 23.7 Å². The van der Waals surface area contributed by atoms with E-state index in [1.165, 1.54) is 0 Å². The predicted octanol–water partition coefficient (Wildman–Crippen LogP) is 1.50. The second kappa shape index (κ2) is 5.02. The second-order valence-electron chi connectivity index (χ2n) is 4.72. The number of aliphatic hydroxyl groups excluding tert-OH is 1. The van der Waals surface area contributed by atoms with E-state index in [4.69, 9.17) is 9.84 Å². The van der Waals surface area contributed by atoms with Crippen molar-refractivity contribution in [2.75, 3.05) is 18.1 Å². The Bertz CT molecular complexity index is 395. The number of ether oxygens (including phenoxy) is 1. The Kier molecular flexibility index (Phi) is 3.64. The largest absolute Gasteiger partial charge is 0.392 e. The van der Waals surface area contributed by atoms with E-state index in [0.717, 1.165) is 30.2 Å². The van der Waals surface area contributed by atoms with Crippen LogP contribution in [0.1, 0.15) is 25.1 Å². The Morgan fingerprint density at radius 3 is 2.88 bits per heavy atom. The maximum atomic E-state index is 9.14. The Labute approximate surface area is 102 Å². The molecule has 2 unspecified atom stereocenters. The van der Waals surface area contributed by atoms with E-state index in [0.29, 0.717) is 6.04 Å². The zero-order chi connectivity index (χ0) is 12.4. The fourth-order valence-electron chi connectivity index (χ4n) is 2.13. The van der Waals surface area contributed by atoms with Gasteiger partial charge in [0.15, 0.2) is 0 Å². The molecular weight excluding hydrogens is 216 g/mol. The molecule has 1 fully saturated rings. The summed E-state index contributed by atoms with van der Waals surface area (Å²) in [5, 5.41) is 9.14. The Hall–Kier alpha value is -1.13. The highest BCUT2D eigenvalue weighted by molar-refractivity contribution is 5.43. The lowest BCUT2D eigenvalue weighted by molar-refractivity contribution is 0.0340.